The summed E-state index contributed by atoms with van der Waals surface area (Å²) in [5.41, 5.74) is 1.55. The first-order valence-electron chi connectivity index (χ1n) is 4.73. The average molecular weight is 202 g/mol. The van der Waals surface area contributed by atoms with Crippen LogP contribution in [0.2, 0.25) is 0 Å². The van der Waals surface area contributed by atoms with E-state index in [1.807, 2.05) is 12.1 Å². The van der Waals surface area contributed by atoms with Gasteiger partial charge in [-0.15, -0.1) is 0 Å². The van der Waals surface area contributed by atoms with Gasteiger partial charge >= 0.3 is 6.09 Å². The second kappa shape index (κ2) is 4.01. The fraction of sp³-hybridized carbons (Fsp3) is 0.273. The molecule has 1 fully saturated rings. The largest absolute Gasteiger partial charge is 0.449 e. The molecule has 1 N–H and O–H groups in total. The van der Waals surface area contributed by atoms with E-state index in [0.29, 0.717) is 12.2 Å². The van der Waals surface area contributed by atoms with Crippen molar-refractivity contribution in [2.24, 2.45) is 0 Å². The molecule has 0 bridgehead atoms. The number of rotatable bonds is 1. The van der Waals surface area contributed by atoms with Crippen LogP contribution in [0.1, 0.15) is 23.6 Å². The Bertz CT molecular complexity index is 423. The maximum Gasteiger partial charge on any atom is 0.407 e. The highest BCUT2D eigenvalue weighted by Crippen LogP contribution is 2.20. The van der Waals surface area contributed by atoms with Crippen LogP contribution >= 0.6 is 0 Å². The van der Waals surface area contributed by atoms with Crippen LogP contribution in [0.15, 0.2) is 24.3 Å². The van der Waals surface area contributed by atoms with Gasteiger partial charge in [-0.25, -0.2) is 4.79 Å². The van der Waals surface area contributed by atoms with Crippen molar-refractivity contribution in [1.82, 2.24) is 5.32 Å². The van der Waals surface area contributed by atoms with E-state index < -0.39 is 6.09 Å². The summed E-state index contributed by atoms with van der Waals surface area (Å²) in [7, 11) is 0. The van der Waals surface area contributed by atoms with Gasteiger partial charge in [-0.05, 0) is 17.7 Å². The Morgan fingerprint density at radius 3 is 3.13 bits per heavy atom. The van der Waals surface area contributed by atoms with Gasteiger partial charge in [0.1, 0.15) is 0 Å². The quantitative estimate of drug-likeness (QED) is 0.754. The maximum absolute atomic E-state index is 11.0. The molecule has 0 radical (unpaired) electrons. The third-order valence-electron chi connectivity index (χ3n) is 2.35. The first-order valence-corrected chi connectivity index (χ1v) is 4.73. The van der Waals surface area contributed by atoms with E-state index in [-0.39, 0.29) is 6.04 Å². The number of benzene rings is 1. The van der Waals surface area contributed by atoms with Crippen LogP contribution in [0.3, 0.4) is 0 Å². The fourth-order valence-corrected chi connectivity index (χ4v) is 1.60. The molecule has 4 nitrogen and oxygen atoms in total. The van der Waals surface area contributed by atoms with Gasteiger partial charge in [0.25, 0.3) is 0 Å². The Hall–Kier alpha value is -2.02. The first-order chi connectivity index (χ1) is 7.29. The number of alkyl carbamates (subject to hydrolysis) is 1. The van der Waals surface area contributed by atoms with E-state index in [1.165, 1.54) is 0 Å². The molecular weight excluding hydrogens is 192 g/mol. The average Bonchev–Trinajstić information content (AvgIpc) is 2.29. The van der Waals surface area contributed by atoms with E-state index in [1.54, 1.807) is 12.1 Å². The molecule has 15 heavy (non-hydrogen) atoms. The molecule has 0 aromatic heterocycles. The Morgan fingerprint density at radius 1 is 1.53 bits per heavy atom. The molecule has 0 spiro atoms. The normalized spacial score (nSPS) is 19.9. The van der Waals surface area contributed by atoms with Crippen molar-refractivity contribution in [2.45, 2.75) is 12.5 Å². The van der Waals surface area contributed by atoms with Crippen LogP contribution in [-0.4, -0.2) is 12.7 Å². The zero-order valence-electron chi connectivity index (χ0n) is 8.06. The van der Waals surface area contributed by atoms with E-state index in [0.717, 1.165) is 12.0 Å². The van der Waals surface area contributed by atoms with Gasteiger partial charge in [0, 0.05) is 6.42 Å². The number of nitrogens with zero attached hydrogens (tertiary/aromatic N) is 1. The highest BCUT2D eigenvalue weighted by molar-refractivity contribution is 5.68. The predicted molar refractivity (Wildman–Crippen MR) is 53.0 cm³/mol. The summed E-state index contributed by atoms with van der Waals surface area (Å²) in [4.78, 5) is 11.0. The number of carbonyl (C=O) groups is 1. The summed E-state index contributed by atoms with van der Waals surface area (Å²) >= 11 is 0. The first kappa shape index (κ1) is 9.53. The van der Waals surface area contributed by atoms with Crippen LogP contribution in [-0.2, 0) is 4.74 Å². The monoisotopic (exact) mass is 202 g/mol. The molecule has 1 saturated heterocycles. The van der Waals surface area contributed by atoms with Gasteiger partial charge in [0.05, 0.1) is 24.3 Å². The molecule has 0 aliphatic carbocycles. The van der Waals surface area contributed by atoms with Gasteiger partial charge in [0.2, 0.25) is 0 Å². The Kier molecular flexibility index (Phi) is 2.55. The summed E-state index contributed by atoms with van der Waals surface area (Å²) in [5, 5.41) is 11.5. The number of nitriles is 1. The van der Waals surface area contributed by atoms with E-state index in [2.05, 4.69) is 11.4 Å². The lowest BCUT2D eigenvalue weighted by atomic mass is 10.0. The molecule has 1 aromatic carbocycles. The van der Waals surface area contributed by atoms with Gasteiger partial charge in [-0.3, -0.25) is 0 Å². The molecule has 0 unspecified atom stereocenters. The number of carbonyl (C=O) groups excluding carboxylic acids is 1. The van der Waals surface area contributed by atoms with Gasteiger partial charge in [0.15, 0.2) is 0 Å². The SMILES string of the molecule is N#Cc1cccc([C@H]2CCOC(=O)N2)c1. The van der Waals surface area contributed by atoms with Crippen molar-refractivity contribution in [3.63, 3.8) is 0 Å². The Balaban J connectivity index is 2.21. The Morgan fingerprint density at radius 2 is 2.40 bits per heavy atom. The summed E-state index contributed by atoms with van der Waals surface area (Å²) in [6.45, 7) is 0.424. The molecule has 1 heterocycles. The van der Waals surface area contributed by atoms with Crippen LogP contribution in [0.25, 0.3) is 0 Å². The molecule has 2 rings (SSSR count). The second-order valence-electron chi connectivity index (χ2n) is 3.36. The summed E-state index contributed by atoms with van der Waals surface area (Å²) in [6, 6.07) is 9.28. The van der Waals surface area contributed by atoms with Crippen LogP contribution in [0.4, 0.5) is 4.79 Å². The topological polar surface area (TPSA) is 62.1 Å². The number of nitrogens with one attached hydrogen (secondary N) is 1. The molecule has 4 heteroatoms. The minimum Gasteiger partial charge on any atom is -0.449 e. The molecule has 1 aliphatic heterocycles. The smallest absolute Gasteiger partial charge is 0.407 e. The standard InChI is InChI=1S/C11H10N2O2/c12-7-8-2-1-3-9(6-8)10-4-5-15-11(14)13-10/h1-3,6,10H,4-5H2,(H,13,14)/t10-/m1/s1. The van der Waals surface area contributed by atoms with Gasteiger partial charge in [-0.1, -0.05) is 12.1 Å². The molecule has 1 aliphatic rings. The van der Waals surface area contributed by atoms with Crippen molar-refractivity contribution in [2.75, 3.05) is 6.61 Å². The van der Waals surface area contributed by atoms with Crippen LogP contribution in [0.5, 0.6) is 0 Å². The number of amides is 1. The number of hydrogen-bond acceptors (Lipinski definition) is 3. The lowest BCUT2D eigenvalue weighted by molar-refractivity contribution is 0.115. The van der Waals surface area contributed by atoms with Crippen molar-refractivity contribution >= 4 is 6.09 Å². The predicted octanol–water partition coefficient (Wildman–Crippen LogP) is 1.73. The lowest BCUT2D eigenvalue weighted by Crippen LogP contribution is -2.35. The van der Waals surface area contributed by atoms with E-state index >= 15 is 0 Å². The third kappa shape index (κ3) is 2.08. The second-order valence-corrected chi connectivity index (χ2v) is 3.36. The van der Waals surface area contributed by atoms with Crippen LogP contribution in [0, 0.1) is 11.3 Å². The third-order valence-corrected chi connectivity index (χ3v) is 2.35. The fourth-order valence-electron chi connectivity index (χ4n) is 1.60. The molecule has 1 atom stereocenters. The van der Waals surface area contributed by atoms with Crippen molar-refractivity contribution in [3.05, 3.63) is 35.4 Å². The van der Waals surface area contributed by atoms with Crippen molar-refractivity contribution in [3.8, 4) is 6.07 Å². The lowest BCUT2D eigenvalue weighted by Gasteiger charge is -2.23. The zero-order valence-corrected chi connectivity index (χ0v) is 8.06. The molecule has 1 amide bonds. The van der Waals surface area contributed by atoms with Crippen molar-refractivity contribution < 1.29 is 9.53 Å². The highest BCUT2D eigenvalue weighted by Gasteiger charge is 2.20. The number of hydrogen-bond donors (Lipinski definition) is 1. The van der Waals surface area contributed by atoms with Crippen LogP contribution < -0.4 is 5.32 Å². The molecule has 76 valence electrons. The zero-order chi connectivity index (χ0) is 10.7. The van der Waals surface area contributed by atoms with Gasteiger partial charge < -0.3 is 10.1 Å². The Labute approximate surface area is 87.5 Å². The van der Waals surface area contributed by atoms with Gasteiger partial charge in [-0.2, -0.15) is 5.26 Å². The minimum atomic E-state index is -0.395. The van der Waals surface area contributed by atoms with E-state index in [9.17, 15) is 4.79 Å². The molecular formula is C11H10N2O2. The summed E-state index contributed by atoms with van der Waals surface area (Å²) < 4.78 is 4.77. The molecule has 1 aromatic rings. The summed E-state index contributed by atoms with van der Waals surface area (Å²) in [5.74, 6) is 0. The summed E-state index contributed by atoms with van der Waals surface area (Å²) in [6.07, 6.45) is 0.342. The minimum absolute atomic E-state index is 0.0421. The van der Waals surface area contributed by atoms with E-state index in [4.69, 9.17) is 10.00 Å². The number of ether oxygens (including phenoxy) is 1. The number of cyclic esters (lactones) is 1. The highest BCUT2D eigenvalue weighted by atomic mass is 16.5. The molecule has 0 saturated carbocycles. The maximum atomic E-state index is 11.0. The van der Waals surface area contributed by atoms with Crippen molar-refractivity contribution in [1.29, 1.82) is 5.26 Å².